The van der Waals surface area contributed by atoms with E-state index < -0.39 is 11.9 Å². The summed E-state index contributed by atoms with van der Waals surface area (Å²) in [4.78, 5) is 41.0. The Hall–Kier alpha value is -3.43. The van der Waals surface area contributed by atoms with Crippen molar-refractivity contribution in [2.24, 2.45) is 0 Å². The molecule has 1 heterocycles. The number of amides is 1. The number of nitrogens with one attached hydrogen (secondary N) is 1. The Kier molecular flexibility index (Phi) is 8.39. The first-order valence-corrected chi connectivity index (χ1v) is 10.6. The van der Waals surface area contributed by atoms with Crippen LogP contribution in [0.3, 0.4) is 0 Å². The molecule has 1 fully saturated rings. The van der Waals surface area contributed by atoms with Gasteiger partial charge >= 0.3 is 11.9 Å². The predicted octanol–water partition coefficient (Wildman–Crippen LogP) is 2.02. The minimum atomic E-state index is -0.604. The zero-order valence-electron chi connectivity index (χ0n) is 19.1. The smallest absolute Gasteiger partial charge is 0.339 e. The van der Waals surface area contributed by atoms with Gasteiger partial charge in [0.2, 0.25) is 5.91 Å². The molecule has 1 saturated heterocycles. The molecular formula is C24H29N3O6. The first-order valence-electron chi connectivity index (χ1n) is 10.6. The van der Waals surface area contributed by atoms with Crippen LogP contribution >= 0.6 is 0 Å². The molecular weight excluding hydrogens is 426 g/mol. The van der Waals surface area contributed by atoms with Crippen molar-refractivity contribution in [1.82, 2.24) is 9.80 Å². The van der Waals surface area contributed by atoms with Crippen LogP contribution < -0.4 is 10.1 Å². The zero-order valence-corrected chi connectivity index (χ0v) is 19.1. The molecule has 2 aromatic carbocycles. The lowest BCUT2D eigenvalue weighted by atomic mass is 10.1. The summed E-state index contributed by atoms with van der Waals surface area (Å²) in [7, 11) is 4.18. The van der Waals surface area contributed by atoms with Crippen LogP contribution in [0.2, 0.25) is 0 Å². The number of benzene rings is 2. The number of carbonyl (C=O) groups excluding carboxylic acids is 3. The molecule has 0 unspecified atom stereocenters. The third-order valence-electron chi connectivity index (χ3n) is 5.49. The molecule has 0 saturated carbocycles. The molecule has 3 rings (SSSR count). The van der Waals surface area contributed by atoms with E-state index in [2.05, 4.69) is 21.2 Å². The quantitative estimate of drug-likeness (QED) is 0.604. The SMILES string of the molecule is COC(=O)c1ccc(C(=O)OC)c(NC(=O)CN2CCN(Cc3cccc(OC)c3)CC2)c1. The van der Waals surface area contributed by atoms with E-state index in [1.165, 1.54) is 38.0 Å². The molecule has 0 spiro atoms. The second-order valence-corrected chi connectivity index (χ2v) is 7.70. The van der Waals surface area contributed by atoms with E-state index in [0.29, 0.717) is 0 Å². The van der Waals surface area contributed by atoms with Gasteiger partial charge in [0.25, 0.3) is 0 Å². The number of hydrogen-bond acceptors (Lipinski definition) is 8. The van der Waals surface area contributed by atoms with E-state index in [1.54, 1.807) is 7.11 Å². The molecule has 9 nitrogen and oxygen atoms in total. The topological polar surface area (TPSA) is 97.4 Å². The number of rotatable bonds is 8. The van der Waals surface area contributed by atoms with Crippen molar-refractivity contribution in [3.8, 4) is 5.75 Å². The molecule has 0 radical (unpaired) electrons. The number of nitrogens with zero attached hydrogens (tertiary/aromatic N) is 2. The summed E-state index contributed by atoms with van der Waals surface area (Å²) in [6.07, 6.45) is 0. The van der Waals surface area contributed by atoms with Gasteiger partial charge in [-0.25, -0.2) is 9.59 Å². The standard InChI is InChI=1S/C24H29N3O6/c1-31-19-6-4-5-17(13-19)15-26-9-11-27(12-10-26)16-22(28)25-21-14-18(23(29)32-2)7-8-20(21)24(30)33-3/h4-8,13-14H,9-12,15-16H2,1-3H3,(H,25,28). The van der Waals surface area contributed by atoms with Gasteiger partial charge in [-0.2, -0.15) is 0 Å². The molecule has 176 valence electrons. The van der Waals surface area contributed by atoms with Gasteiger partial charge < -0.3 is 19.5 Å². The van der Waals surface area contributed by atoms with Crippen LogP contribution in [0.1, 0.15) is 26.3 Å². The molecule has 0 atom stereocenters. The minimum absolute atomic E-state index is 0.168. The fraction of sp³-hybridized carbons (Fsp3) is 0.375. The summed E-state index contributed by atoms with van der Waals surface area (Å²) >= 11 is 0. The average Bonchev–Trinajstić information content (AvgIpc) is 2.84. The Labute approximate surface area is 193 Å². The number of hydrogen-bond donors (Lipinski definition) is 1. The van der Waals surface area contributed by atoms with Gasteiger partial charge in [0.15, 0.2) is 0 Å². The van der Waals surface area contributed by atoms with E-state index in [0.717, 1.165) is 38.5 Å². The van der Waals surface area contributed by atoms with Crippen molar-refractivity contribution in [3.63, 3.8) is 0 Å². The molecule has 0 bridgehead atoms. The second-order valence-electron chi connectivity index (χ2n) is 7.70. The van der Waals surface area contributed by atoms with Crippen molar-refractivity contribution >= 4 is 23.5 Å². The van der Waals surface area contributed by atoms with Crippen LogP contribution in [0.5, 0.6) is 5.75 Å². The molecule has 2 aromatic rings. The Bertz CT molecular complexity index is 1000. The number of methoxy groups -OCH3 is 3. The van der Waals surface area contributed by atoms with Gasteiger partial charge in [-0.1, -0.05) is 12.1 Å². The van der Waals surface area contributed by atoms with Gasteiger partial charge in [-0.05, 0) is 35.9 Å². The van der Waals surface area contributed by atoms with E-state index >= 15 is 0 Å². The van der Waals surface area contributed by atoms with Crippen LogP contribution in [-0.2, 0) is 20.8 Å². The fourth-order valence-corrected chi connectivity index (χ4v) is 3.71. The van der Waals surface area contributed by atoms with E-state index in [9.17, 15) is 14.4 Å². The molecule has 1 amide bonds. The summed E-state index contributed by atoms with van der Waals surface area (Å²) in [5.41, 5.74) is 1.79. The predicted molar refractivity (Wildman–Crippen MR) is 122 cm³/mol. The molecule has 1 aliphatic heterocycles. The maximum atomic E-state index is 12.7. The molecule has 9 heteroatoms. The molecule has 1 N–H and O–H groups in total. The van der Waals surface area contributed by atoms with Crippen LogP contribution in [-0.4, -0.2) is 81.7 Å². The fourth-order valence-electron chi connectivity index (χ4n) is 3.71. The van der Waals surface area contributed by atoms with E-state index in [4.69, 9.17) is 14.2 Å². The third kappa shape index (κ3) is 6.53. The lowest BCUT2D eigenvalue weighted by Gasteiger charge is -2.34. The highest BCUT2D eigenvalue weighted by atomic mass is 16.5. The van der Waals surface area contributed by atoms with Crippen LogP contribution in [0.25, 0.3) is 0 Å². The summed E-state index contributed by atoms with van der Waals surface area (Å²) < 4.78 is 14.8. The lowest BCUT2D eigenvalue weighted by molar-refractivity contribution is -0.117. The van der Waals surface area contributed by atoms with Crippen LogP contribution in [0.15, 0.2) is 42.5 Å². The molecule has 1 aliphatic rings. The van der Waals surface area contributed by atoms with Gasteiger partial charge in [0, 0.05) is 32.7 Å². The van der Waals surface area contributed by atoms with E-state index in [1.807, 2.05) is 18.2 Å². The van der Waals surface area contributed by atoms with Crippen LogP contribution in [0.4, 0.5) is 5.69 Å². The first kappa shape index (κ1) is 24.2. The highest BCUT2D eigenvalue weighted by molar-refractivity contribution is 6.03. The Morgan fingerprint density at radius 3 is 2.24 bits per heavy atom. The average molecular weight is 456 g/mol. The molecule has 0 aliphatic carbocycles. The van der Waals surface area contributed by atoms with Crippen molar-refractivity contribution in [2.45, 2.75) is 6.54 Å². The zero-order chi connectivity index (χ0) is 23.8. The summed E-state index contributed by atoms with van der Waals surface area (Å²) in [6.45, 7) is 4.13. The lowest BCUT2D eigenvalue weighted by Crippen LogP contribution is -2.48. The third-order valence-corrected chi connectivity index (χ3v) is 5.49. The first-order chi connectivity index (χ1) is 15.9. The second kappa shape index (κ2) is 11.4. The van der Waals surface area contributed by atoms with Gasteiger partial charge in [-0.3, -0.25) is 14.6 Å². The van der Waals surface area contributed by atoms with E-state index in [-0.39, 0.29) is 29.3 Å². The minimum Gasteiger partial charge on any atom is -0.497 e. The molecule has 33 heavy (non-hydrogen) atoms. The van der Waals surface area contributed by atoms with Gasteiger partial charge in [-0.15, -0.1) is 0 Å². The number of esters is 2. The Morgan fingerprint density at radius 2 is 1.58 bits per heavy atom. The summed E-state index contributed by atoms with van der Waals surface area (Å²) in [6, 6.07) is 12.3. The van der Waals surface area contributed by atoms with Crippen molar-refractivity contribution in [3.05, 3.63) is 59.2 Å². The van der Waals surface area contributed by atoms with Gasteiger partial charge in [0.05, 0.1) is 44.7 Å². The van der Waals surface area contributed by atoms with Gasteiger partial charge in [0.1, 0.15) is 5.75 Å². The van der Waals surface area contributed by atoms with Crippen molar-refractivity contribution < 1.29 is 28.6 Å². The largest absolute Gasteiger partial charge is 0.497 e. The normalized spacial score (nSPS) is 14.4. The highest BCUT2D eigenvalue weighted by Crippen LogP contribution is 2.20. The van der Waals surface area contributed by atoms with Crippen molar-refractivity contribution in [2.75, 3.05) is 59.4 Å². The molecule has 0 aromatic heterocycles. The van der Waals surface area contributed by atoms with Crippen molar-refractivity contribution in [1.29, 1.82) is 0 Å². The maximum absolute atomic E-state index is 12.7. The van der Waals surface area contributed by atoms with Crippen LogP contribution in [0, 0.1) is 0 Å². The number of anilines is 1. The number of ether oxygens (including phenoxy) is 3. The maximum Gasteiger partial charge on any atom is 0.339 e. The highest BCUT2D eigenvalue weighted by Gasteiger charge is 2.21. The summed E-state index contributed by atoms with van der Waals surface area (Å²) in [5.74, 6) is -0.601. The monoisotopic (exact) mass is 455 g/mol. The summed E-state index contributed by atoms with van der Waals surface area (Å²) in [5, 5.41) is 2.74. The number of piperazine rings is 1. The number of carbonyl (C=O) groups is 3. The Balaban J connectivity index is 1.57. The Morgan fingerprint density at radius 1 is 0.879 bits per heavy atom.